The van der Waals surface area contributed by atoms with E-state index in [1.165, 1.54) is 19.3 Å². The normalized spacial score (nSPS) is 22.1. The van der Waals surface area contributed by atoms with E-state index < -0.39 is 0 Å². The fraction of sp³-hybridized carbons (Fsp3) is 0.412. The molecule has 1 aliphatic rings. The first-order valence-corrected chi connectivity index (χ1v) is 7.36. The van der Waals surface area contributed by atoms with Crippen molar-refractivity contribution < 1.29 is 4.79 Å². The number of carbonyl (C=O) groups is 1. The minimum Gasteiger partial charge on any atom is -0.324 e. The molecule has 1 amide bonds. The first-order valence-electron chi connectivity index (χ1n) is 7.36. The second-order valence-electron chi connectivity index (χ2n) is 5.92. The third-order valence-corrected chi connectivity index (χ3v) is 4.18. The average Bonchev–Trinajstić information content (AvgIpc) is 2.84. The lowest BCUT2D eigenvalue weighted by Gasteiger charge is -2.11. The van der Waals surface area contributed by atoms with Crippen molar-refractivity contribution in [3.63, 3.8) is 0 Å². The van der Waals surface area contributed by atoms with Crippen LogP contribution in [0.25, 0.3) is 10.9 Å². The molecule has 0 bridgehead atoms. The van der Waals surface area contributed by atoms with Gasteiger partial charge in [0, 0.05) is 18.0 Å². The monoisotopic (exact) mass is 268 g/mol. The van der Waals surface area contributed by atoms with Gasteiger partial charge >= 0.3 is 0 Å². The maximum atomic E-state index is 12.2. The van der Waals surface area contributed by atoms with Gasteiger partial charge in [-0.05, 0) is 36.8 Å². The Hall–Kier alpha value is -1.90. The highest BCUT2D eigenvalue weighted by atomic mass is 16.1. The number of anilines is 1. The zero-order valence-corrected chi connectivity index (χ0v) is 11.8. The standard InChI is InChI=1S/C17H20N2O/c1-12-7-8-13(10-12)11-16(20)19-15-6-2-4-14-5-3-9-18-17(14)15/h2-6,9,12-13H,7-8,10-11H2,1H3,(H,19,20). The number of pyridine rings is 1. The van der Waals surface area contributed by atoms with Crippen LogP contribution in [0, 0.1) is 11.8 Å². The van der Waals surface area contributed by atoms with Crippen LogP contribution >= 0.6 is 0 Å². The molecule has 1 aromatic heterocycles. The summed E-state index contributed by atoms with van der Waals surface area (Å²) in [6.07, 6.45) is 6.02. The maximum Gasteiger partial charge on any atom is 0.224 e. The molecule has 0 aliphatic heterocycles. The number of carbonyl (C=O) groups excluding carboxylic acids is 1. The Morgan fingerprint density at radius 3 is 2.95 bits per heavy atom. The van der Waals surface area contributed by atoms with Crippen molar-refractivity contribution >= 4 is 22.5 Å². The first kappa shape index (κ1) is 13.1. The maximum absolute atomic E-state index is 12.2. The lowest BCUT2D eigenvalue weighted by atomic mass is 10.0. The van der Waals surface area contributed by atoms with E-state index in [9.17, 15) is 4.79 Å². The van der Waals surface area contributed by atoms with E-state index in [2.05, 4.69) is 17.2 Å². The molecule has 1 aliphatic carbocycles. The van der Waals surface area contributed by atoms with Crippen LogP contribution in [0.1, 0.15) is 32.6 Å². The second kappa shape index (κ2) is 5.61. The Morgan fingerprint density at radius 2 is 2.15 bits per heavy atom. The van der Waals surface area contributed by atoms with E-state index in [1.807, 2.05) is 30.3 Å². The van der Waals surface area contributed by atoms with Crippen LogP contribution in [-0.4, -0.2) is 10.9 Å². The molecule has 1 fully saturated rings. The minimum absolute atomic E-state index is 0.113. The van der Waals surface area contributed by atoms with Gasteiger partial charge in [0.25, 0.3) is 0 Å². The summed E-state index contributed by atoms with van der Waals surface area (Å²) in [7, 11) is 0. The summed E-state index contributed by atoms with van der Waals surface area (Å²) < 4.78 is 0. The quantitative estimate of drug-likeness (QED) is 0.914. The van der Waals surface area contributed by atoms with Crippen LogP contribution in [0.15, 0.2) is 36.5 Å². The van der Waals surface area contributed by atoms with Crippen LogP contribution in [0.3, 0.4) is 0 Å². The summed E-state index contributed by atoms with van der Waals surface area (Å²) in [5.41, 5.74) is 1.68. The van der Waals surface area contributed by atoms with E-state index in [0.29, 0.717) is 12.3 Å². The number of benzene rings is 1. The molecule has 1 heterocycles. The number of aromatic nitrogens is 1. The largest absolute Gasteiger partial charge is 0.324 e. The third kappa shape index (κ3) is 2.82. The Morgan fingerprint density at radius 1 is 1.30 bits per heavy atom. The summed E-state index contributed by atoms with van der Waals surface area (Å²) in [6, 6.07) is 9.81. The molecule has 1 aromatic carbocycles. The molecule has 0 saturated heterocycles. The Bertz CT molecular complexity index is 618. The van der Waals surface area contributed by atoms with Crippen molar-refractivity contribution in [2.75, 3.05) is 5.32 Å². The fourth-order valence-corrected chi connectivity index (χ4v) is 3.18. The van der Waals surface area contributed by atoms with Crippen molar-refractivity contribution in [3.8, 4) is 0 Å². The highest BCUT2D eigenvalue weighted by molar-refractivity contribution is 6.00. The topological polar surface area (TPSA) is 42.0 Å². The van der Waals surface area contributed by atoms with Gasteiger partial charge in [0.1, 0.15) is 0 Å². The van der Waals surface area contributed by atoms with Crippen molar-refractivity contribution in [3.05, 3.63) is 36.5 Å². The zero-order valence-electron chi connectivity index (χ0n) is 11.8. The molecule has 3 rings (SSSR count). The van der Waals surface area contributed by atoms with Gasteiger partial charge in [-0.2, -0.15) is 0 Å². The van der Waals surface area contributed by atoms with Gasteiger partial charge in [-0.25, -0.2) is 0 Å². The molecule has 0 radical (unpaired) electrons. The van der Waals surface area contributed by atoms with Crippen molar-refractivity contribution in [2.45, 2.75) is 32.6 Å². The summed E-state index contributed by atoms with van der Waals surface area (Å²) in [6.45, 7) is 2.27. The van der Waals surface area contributed by atoms with Crippen molar-refractivity contribution in [1.82, 2.24) is 4.98 Å². The lowest BCUT2D eigenvalue weighted by Crippen LogP contribution is -2.15. The predicted molar refractivity (Wildman–Crippen MR) is 81.5 cm³/mol. The Balaban J connectivity index is 1.71. The van der Waals surface area contributed by atoms with Crippen LogP contribution in [0.2, 0.25) is 0 Å². The SMILES string of the molecule is CC1CCC(CC(=O)Nc2cccc3cccnc23)C1. The lowest BCUT2D eigenvalue weighted by molar-refractivity contribution is -0.117. The van der Waals surface area contributed by atoms with Gasteiger partial charge in [0.05, 0.1) is 11.2 Å². The molecule has 20 heavy (non-hydrogen) atoms. The number of rotatable bonds is 3. The van der Waals surface area contributed by atoms with Gasteiger partial charge in [0.2, 0.25) is 5.91 Å². The van der Waals surface area contributed by atoms with Crippen molar-refractivity contribution in [1.29, 1.82) is 0 Å². The minimum atomic E-state index is 0.113. The number of hydrogen-bond donors (Lipinski definition) is 1. The zero-order chi connectivity index (χ0) is 13.9. The Kier molecular flexibility index (Phi) is 3.68. The molecule has 2 atom stereocenters. The molecule has 3 heteroatoms. The van der Waals surface area contributed by atoms with Crippen LogP contribution in [0.4, 0.5) is 5.69 Å². The van der Waals surface area contributed by atoms with E-state index in [0.717, 1.165) is 22.5 Å². The molecule has 3 nitrogen and oxygen atoms in total. The summed E-state index contributed by atoms with van der Waals surface area (Å²) in [4.78, 5) is 16.5. The predicted octanol–water partition coefficient (Wildman–Crippen LogP) is 4.00. The van der Waals surface area contributed by atoms with E-state index >= 15 is 0 Å². The first-order chi connectivity index (χ1) is 9.72. The summed E-state index contributed by atoms with van der Waals surface area (Å²) in [5.74, 6) is 1.43. The molecular weight excluding hydrogens is 248 g/mol. The fourth-order valence-electron chi connectivity index (χ4n) is 3.18. The molecule has 1 saturated carbocycles. The molecule has 2 unspecified atom stereocenters. The van der Waals surface area contributed by atoms with E-state index in [-0.39, 0.29) is 5.91 Å². The number of hydrogen-bond acceptors (Lipinski definition) is 2. The highest BCUT2D eigenvalue weighted by Gasteiger charge is 2.23. The van der Waals surface area contributed by atoms with E-state index in [1.54, 1.807) is 6.20 Å². The molecule has 1 N–H and O–H groups in total. The summed E-state index contributed by atoms with van der Waals surface area (Å²) >= 11 is 0. The number of amides is 1. The molecule has 2 aromatic rings. The molecule has 104 valence electrons. The van der Waals surface area contributed by atoms with Crippen LogP contribution < -0.4 is 5.32 Å². The number of fused-ring (bicyclic) bond motifs is 1. The second-order valence-corrected chi connectivity index (χ2v) is 5.92. The highest BCUT2D eigenvalue weighted by Crippen LogP contribution is 2.32. The van der Waals surface area contributed by atoms with Gasteiger partial charge in [-0.3, -0.25) is 9.78 Å². The number of nitrogens with zero attached hydrogens (tertiary/aromatic N) is 1. The van der Waals surface area contributed by atoms with Gasteiger partial charge in [-0.1, -0.05) is 31.5 Å². The van der Waals surface area contributed by atoms with Crippen LogP contribution in [-0.2, 0) is 4.79 Å². The van der Waals surface area contributed by atoms with Crippen LogP contribution in [0.5, 0.6) is 0 Å². The molecule has 0 spiro atoms. The van der Waals surface area contributed by atoms with Gasteiger partial charge in [0.15, 0.2) is 0 Å². The third-order valence-electron chi connectivity index (χ3n) is 4.18. The van der Waals surface area contributed by atoms with E-state index in [4.69, 9.17) is 0 Å². The average molecular weight is 268 g/mol. The van der Waals surface area contributed by atoms with Gasteiger partial charge < -0.3 is 5.32 Å². The summed E-state index contributed by atoms with van der Waals surface area (Å²) in [5, 5.41) is 4.08. The Labute approximate surface area is 119 Å². The van der Waals surface area contributed by atoms with Gasteiger partial charge in [-0.15, -0.1) is 0 Å². The number of para-hydroxylation sites is 1. The number of nitrogens with one attached hydrogen (secondary N) is 1. The smallest absolute Gasteiger partial charge is 0.224 e. The molecular formula is C17H20N2O. The van der Waals surface area contributed by atoms with Crippen molar-refractivity contribution in [2.24, 2.45) is 11.8 Å².